The zero-order chi connectivity index (χ0) is 13.8. The summed E-state index contributed by atoms with van der Waals surface area (Å²) in [6.45, 7) is 0.917. The van der Waals surface area contributed by atoms with Crippen molar-refractivity contribution < 1.29 is 28.9 Å². The van der Waals surface area contributed by atoms with Crippen LogP contribution in [-0.4, -0.2) is 60.2 Å². The Kier molecular flexibility index (Phi) is 6.00. The number of rotatable bonds is 6. The zero-order valence-electron chi connectivity index (χ0n) is 10.2. The fraction of sp³-hybridized carbons (Fsp3) is 0.778. The molecule has 0 saturated carbocycles. The first kappa shape index (κ1) is 15.9. The largest absolute Gasteiger partial charge is 0.387 e. The second-order valence-corrected chi connectivity index (χ2v) is 5.68. The second kappa shape index (κ2) is 6.82. The summed E-state index contributed by atoms with van der Waals surface area (Å²) in [5.41, 5.74) is 5.33. The van der Waals surface area contributed by atoms with Crippen molar-refractivity contribution in [2.24, 2.45) is 5.73 Å². The van der Waals surface area contributed by atoms with E-state index in [1.165, 1.54) is 6.08 Å². The lowest BCUT2D eigenvalue weighted by Gasteiger charge is -2.18. The van der Waals surface area contributed by atoms with Crippen LogP contribution in [0.1, 0.15) is 6.42 Å². The third-order valence-electron chi connectivity index (χ3n) is 2.64. The second-order valence-electron chi connectivity index (χ2n) is 4.20. The molecule has 1 fully saturated rings. The Balaban J connectivity index is 2.55. The van der Waals surface area contributed by atoms with Gasteiger partial charge in [0.15, 0.2) is 0 Å². The number of nitrogens with two attached hydrogens (primary N) is 1. The molecule has 0 spiro atoms. The van der Waals surface area contributed by atoms with Gasteiger partial charge in [0.05, 0.1) is 6.00 Å². The van der Waals surface area contributed by atoms with Crippen LogP contribution in [-0.2, 0) is 14.0 Å². The van der Waals surface area contributed by atoms with Gasteiger partial charge in [-0.3, -0.25) is 4.57 Å². The van der Waals surface area contributed by atoms with Crippen molar-refractivity contribution in [3.63, 3.8) is 0 Å². The molecule has 104 valence electrons. The maximum Gasteiger partial charge on any atom is 0.348 e. The summed E-state index contributed by atoms with van der Waals surface area (Å²) in [6.07, 6.45) is -0.369. The maximum atomic E-state index is 10.7. The summed E-state index contributed by atoms with van der Waals surface area (Å²) in [5, 5.41) is 9.93. The monoisotopic (exact) mass is 279 g/mol. The third-order valence-corrected chi connectivity index (χ3v) is 3.20. The smallest absolute Gasteiger partial charge is 0.348 e. The Labute approximate surface area is 107 Å². The Morgan fingerprint density at radius 1 is 1.50 bits per heavy atom. The SMILES string of the molecule is B[C@@H]1O[C@H](/C=C/P(=O)(O)O)[C@H](O)C1OCCCN. The van der Waals surface area contributed by atoms with Crippen LogP contribution in [0.3, 0.4) is 0 Å². The van der Waals surface area contributed by atoms with E-state index in [2.05, 4.69) is 0 Å². The summed E-state index contributed by atoms with van der Waals surface area (Å²) in [6, 6.07) is -0.343. The fourth-order valence-electron chi connectivity index (χ4n) is 1.76. The molecule has 0 amide bonds. The molecule has 4 atom stereocenters. The first-order valence-electron chi connectivity index (χ1n) is 5.75. The van der Waals surface area contributed by atoms with Crippen LogP contribution in [0.5, 0.6) is 0 Å². The van der Waals surface area contributed by atoms with Gasteiger partial charge in [-0.05, 0) is 19.0 Å². The Morgan fingerprint density at radius 2 is 2.17 bits per heavy atom. The molecule has 5 N–H and O–H groups in total. The van der Waals surface area contributed by atoms with E-state index < -0.39 is 25.9 Å². The van der Waals surface area contributed by atoms with Crippen molar-refractivity contribution in [3.8, 4) is 0 Å². The fourth-order valence-corrected chi connectivity index (χ4v) is 2.16. The van der Waals surface area contributed by atoms with E-state index in [4.69, 9.17) is 25.0 Å². The van der Waals surface area contributed by atoms with E-state index in [1.54, 1.807) is 7.85 Å². The highest BCUT2D eigenvalue weighted by Gasteiger charge is 2.40. The van der Waals surface area contributed by atoms with Gasteiger partial charge in [0.2, 0.25) is 0 Å². The molecule has 1 aliphatic heterocycles. The Bertz CT molecular complexity index is 335. The van der Waals surface area contributed by atoms with Crippen LogP contribution in [0, 0.1) is 0 Å². The van der Waals surface area contributed by atoms with Crippen LogP contribution >= 0.6 is 7.60 Å². The highest BCUT2D eigenvalue weighted by molar-refractivity contribution is 7.55. The number of ether oxygens (including phenoxy) is 2. The number of hydrogen-bond donors (Lipinski definition) is 4. The van der Waals surface area contributed by atoms with E-state index in [1.807, 2.05) is 0 Å². The predicted octanol–water partition coefficient (Wildman–Crippen LogP) is -1.87. The summed E-state index contributed by atoms with van der Waals surface area (Å²) in [4.78, 5) is 17.4. The van der Waals surface area contributed by atoms with Crippen molar-refractivity contribution >= 4 is 15.4 Å². The third kappa shape index (κ3) is 4.82. The van der Waals surface area contributed by atoms with Gasteiger partial charge in [0, 0.05) is 12.4 Å². The van der Waals surface area contributed by atoms with E-state index in [0.29, 0.717) is 19.6 Å². The lowest BCUT2D eigenvalue weighted by molar-refractivity contribution is -0.0196. The summed E-state index contributed by atoms with van der Waals surface area (Å²) < 4.78 is 21.5. The lowest BCUT2D eigenvalue weighted by atomic mass is 9.93. The maximum absolute atomic E-state index is 10.7. The van der Waals surface area contributed by atoms with Crippen LogP contribution in [0.25, 0.3) is 0 Å². The lowest BCUT2D eigenvalue weighted by Crippen LogP contribution is -2.35. The average Bonchev–Trinajstić information content (AvgIpc) is 2.53. The molecule has 0 radical (unpaired) electrons. The molecule has 18 heavy (non-hydrogen) atoms. The molecule has 1 aliphatic rings. The van der Waals surface area contributed by atoms with E-state index >= 15 is 0 Å². The highest BCUT2D eigenvalue weighted by Crippen LogP contribution is 2.37. The minimum atomic E-state index is -4.24. The van der Waals surface area contributed by atoms with E-state index in [0.717, 1.165) is 5.82 Å². The minimum Gasteiger partial charge on any atom is -0.387 e. The van der Waals surface area contributed by atoms with Crippen molar-refractivity contribution in [1.82, 2.24) is 0 Å². The summed E-state index contributed by atoms with van der Waals surface area (Å²) in [5.74, 6) is 0.732. The van der Waals surface area contributed by atoms with E-state index in [9.17, 15) is 9.67 Å². The summed E-state index contributed by atoms with van der Waals surface area (Å²) >= 11 is 0. The van der Waals surface area contributed by atoms with Crippen molar-refractivity contribution in [2.75, 3.05) is 13.2 Å². The molecular formula is C9H19BNO6P. The van der Waals surface area contributed by atoms with Gasteiger partial charge in [-0.2, -0.15) is 0 Å². The predicted molar refractivity (Wildman–Crippen MR) is 67.8 cm³/mol. The number of hydrogen-bond acceptors (Lipinski definition) is 5. The molecule has 7 nitrogen and oxygen atoms in total. The van der Waals surface area contributed by atoms with Crippen molar-refractivity contribution in [2.45, 2.75) is 30.7 Å². The first-order valence-corrected chi connectivity index (χ1v) is 7.43. The summed E-state index contributed by atoms with van der Waals surface area (Å²) in [7, 11) is -2.50. The minimum absolute atomic E-state index is 0.343. The molecule has 1 unspecified atom stereocenters. The van der Waals surface area contributed by atoms with Gasteiger partial charge < -0.3 is 30.1 Å². The van der Waals surface area contributed by atoms with Crippen molar-refractivity contribution in [1.29, 1.82) is 0 Å². The average molecular weight is 279 g/mol. The Morgan fingerprint density at radius 3 is 2.72 bits per heavy atom. The molecule has 0 aromatic heterocycles. The quantitative estimate of drug-likeness (QED) is 0.255. The Hall–Kier alpha value is -0.205. The van der Waals surface area contributed by atoms with Gasteiger partial charge in [0.1, 0.15) is 26.2 Å². The number of aliphatic hydroxyl groups is 1. The molecule has 1 rings (SSSR count). The standard InChI is InChI=1S/C9H19BNO6P/c10-9-8(16-4-1-3-11)7(12)6(17-9)2-5-18(13,14)15/h2,5-9,12H,1,3-4,10-11H2,(H2,13,14,15)/b5-2+/t6-,7+,8?,9-/m1/s1. The van der Waals surface area contributed by atoms with Crippen LogP contribution in [0.4, 0.5) is 0 Å². The molecule has 0 bridgehead atoms. The van der Waals surface area contributed by atoms with Crippen molar-refractivity contribution in [3.05, 3.63) is 11.9 Å². The molecule has 9 heteroatoms. The van der Waals surface area contributed by atoms with Crippen LogP contribution < -0.4 is 5.73 Å². The molecule has 0 aliphatic carbocycles. The molecule has 1 heterocycles. The molecule has 0 aromatic carbocycles. The van der Waals surface area contributed by atoms with Gasteiger partial charge in [-0.25, -0.2) is 0 Å². The highest BCUT2D eigenvalue weighted by atomic mass is 31.2. The van der Waals surface area contributed by atoms with Gasteiger partial charge in [-0.1, -0.05) is 0 Å². The zero-order valence-corrected chi connectivity index (χ0v) is 11.1. The van der Waals surface area contributed by atoms with Gasteiger partial charge >= 0.3 is 7.60 Å². The molecule has 0 aromatic rings. The van der Waals surface area contributed by atoms with E-state index in [-0.39, 0.29) is 6.00 Å². The molecule has 1 saturated heterocycles. The van der Waals surface area contributed by atoms with Crippen LogP contribution in [0.15, 0.2) is 11.9 Å². The first-order chi connectivity index (χ1) is 8.35. The van der Waals surface area contributed by atoms with Crippen LogP contribution in [0.2, 0.25) is 0 Å². The molecular weight excluding hydrogens is 260 g/mol. The van der Waals surface area contributed by atoms with Gasteiger partial charge in [-0.15, -0.1) is 0 Å². The normalized spacial score (nSPS) is 33.3. The number of aliphatic hydroxyl groups excluding tert-OH is 1. The van der Waals surface area contributed by atoms with Gasteiger partial charge in [0.25, 0.3) is 0 Å². The topological polar surface area (TPSA) is 122 Å².